The van der Waals surface area contributed by atoms with Crippen LogP contribution < -0.4 is 5.73 Å². The lowest BCUT2D eigenvalue weighted by molar-refractivity contribution is 0.419. The molecular weight excluding hydrogens is 190 g/mol. The quantitative estimate of drug-likeness (QED) is 0.779. The molecule has 0 atom stereocenters. The first kappa shape index (κ1) is 13.3. The van der Waals surface area contributed by atoms with Crippen molar-refractivity contribution < 1.29 is 4.52 Å². The van der Waals surface area contributed by atoms with Crippen LogP contribution in [0.4, 0.5) is 0 Å². The molecule has 2 N–H and O–H groups in total. The third-order valence-electron chi connectivity index (χ3n) is 1.39. The minimum absolute atomic E-state index is 0.630. The topological polar surface area (TPSA) is 64.9 Å². The summed E-state index contributed by atoms with van der Waals surface area (Å²) in [5.41, 5.74) is 5.47. The van der Waals surface area contributed by atoms with Crippen molar-refractivity contribution in [2.24, 2.45) is 5.73 Å². The van der Waals surface area contributed by atoms with Crippen LogP contribution in [0.25, 0.3) is 11.4 Å². The van der Waals surface area contributed by atoms with Crippen LogP contribution in [0.5, 0.6) is 0 Å². The van der Waals surface area contributed by atoms with Gasteiger partial charge in [0.05, 0.1) is 0 Å². The zero-order valence-electron chi connectivity index (χ0n) is 9.34. The number of hydrogen-bond donors (Lipinski definition) is 1. The summed E-state index contributed by atoms with van der Waals surface area (Å²) in [4.78, 5) is 3.91. The fourth-order valence-corrected chi connectivity index (χ4v) is 0.885. The highest BCUT2D eigenvalue weighted by molar-refractivity contribution is 5.52. The van der Waals surface area contributed by atoms with Crippen LogP contribution in [0.1, 0.15) is 13.8 Å². The van der Waals surface area contributed by atoms with Gasteiger partial charge in [-0.1, -0.05) is 49.3 Å². The van der Waals surface area contributed by atoms with Gasteiger partial charge in [-0.25, -0.2) is 0 Å². The van der Waals surface area contributed by atoms with Crippen molar-refractivity contribution in [1.82, 2.24) is 10.1 Å². The standard InChI is InChI=1S/C8H6N2O.C2H6.CH5N/c1-2-4-7(5-3-1)8-9-6-11-10-8;2*1-2/h1-6H;1-2H3;2H2,1H3. The smallest absolute Gasteiger partial charge is 0.214 e. The molecule has 0 unspecified atom stereocenters. The van der Waals surface area contributed by atoms with Gasteiger partial charge in [0.25, 0.3) is 0 Å². The lowest BCUT2D eigenvalue weighted by Crippen LogP contribution is -1.77. The van der Waals surface area contributed by atoms with Gasteiger partial charge >= 0.3 is 0 Å². The normalized spacial score (nSPS) is 8.00. The van der Waals surface area contributed by atoms with E-state index in [2.05, 4.69) is 20.4 Å². The molecule has 0 saturated heterocycles. The summed E-state index contributed by atoms with van der Waals surface area (Å²) in [5, 5.41) is 3.70. The Hall–Kier alpha value is -1.68. The molecule has 2 aromatic rings. The average Bonchev–Trinajstić information content (AvgIpc) is 2.89. The third kappa shape index (κ3) is 4.37. The Kier molecular flexibility index (Phi) is 7.90. The van der Waals surface area contributed by atoms with E-state index in [1.807, 2.05) is 44.2 Å². The van der Waals surface area contributed by atoms with Crippen molar-refractivity contribution >= 4 is 0 Å². The van der Waals surface area contributed by atoms with Gasteiger partial charge in [-0.3, -0.25) is 0 Å². The number of hydrogen-bond acceptors (Lipinski definition) is 4. The second-order valence-electron chi connectivity index (χ2n) is 2.12. The van der Waals surface area contributed by atoms with Crippen molar-refractivity contribution in [3.05, 3.63) is 36.7 Å². The van der Waals surface area contributed by atoms with Crippen LogP contribution >= 0.6 is 0 Å². The minimum Gasteiger partial charge on any atom is -0.342 e. The molecule has 1 aromatic carbocycles. The van der Waals surface area contributed by atoms with Crippen molar-refractivity contribution in [3.8, 4) is 11.4 Å². The average molecular weight is 207 g/mol. The van der Waals surface area contributed by atoms with Gasteiger partial charge in [0.2, 0.25) is 12.2 Å². The van der Waals surface area contributed by atoms with Crippen molar-refractivity contribution in [2.45, 2.75) is 13.8 Å². The van der Waals surface area contributed by atoms with Gasteiger partial charge < -0.3 is 10.3 Å². The molecule has 82 valence electrons. The molecule has 0 spiro atoms. The van der Waals surface area contributed by atoms with Crippen LogP contribution in [0, 0.1) is 0 Å². The maximum atomic E-state index is 4.61. The van der Waals surface area contributed by atoms with E-state index >= 15 is 0 Å². The Morgan fingerprint density at radius 2 is 1.67 bits per heavy atom. The fraction of sp³-hybridized carbons (Fsp3) is 0.273. The Morgan fingerprint density at radius 1 is 1.07 bits per heavy atom. The summed E-state index contributed by atoms with van der Waals surface area (Å²) in [6.45, 7) is 4.00. The number of benzene rings is 1. The zero-order valence-corrected chi connectivity index (χ0v) is 9.34. The molecule has 0 fully saturated rings. The summed E-state index contributed by atoms with van der Waals surface area (Å²) in [6, 6.07) is 9.69. The molecular formula is C11H17N3O. The summed E-state index contributed by atoms with van der Waals surface area (Å²) < 4.78 is 4.61. The molecule has 0 aliphatic heterocycles. The highest BCUT2D eigenvalue weighted by Crippen LogP contribution is 2.11. The van der Waals surface area contributed by atoms with E-state index in [4.69, 9.17) is 0 Å². The van der Waals surface area contributed by atoms with Crippen LogP contribution in [0.3, 0.4) is 0 Å². The van der Waals surface area contributed by atoms with E-state index in [0.29, 0.717) is 5.82 Å². The summed E-state index contributed by atoms with van der Waals surface area (Å²) >= 11 is 0. The van der Waals surface area contributed by atoms with Gasteiger partial charge in [-0.05, 0) is 7.05 Å². The molecule has 4 heteroatoms. The van der Waals surface area contributed by atoms with Crippen molar-refractivity contribution in [2.75, 3.05) is 7.05 Å². The molecule has 2 rings (SSSR count). The molecule has 0 radical (unpaired) electrons. The Bertz CT molecular complexity index is 319. The van der Waals surface area contributed by atoms with Gasteiger partial charge in [0.1, 0.15) is 0 Å². The van der Waals surface area contributed by atoms with E-state index in [1.54, 1.807) is 0 Å². The lowest BCUT2D eigenvalue weighted by atomic mass is 10.2. The van der Waals surface area contributed by atoms with E-state index < -0.39 is 0 Å². The molecule has 0 amide bonds. The first-order valence-electron chi connectivity index (χ1n) is 4.86. The van der Waals surface area contributed by atoms with Gasteiger partial charge in [0.15, 0.2) is 0 Å². The number of aromatic nitrogens is 2. The first-order chi connectivity index (χ1) is 7.47. The molecule has 0 saturated carbocycles. The second kappa shape index (κ2) is 8.90. The summed E-state index contributed by atoms with van der Waals surface area (Å²) in [6.07, 6.45) is 1.32. The largest absolute Gasteiger partial charge is 0.342 e. The Labute approximate surface area is 90.1 Å². The fourth-order valence-electron chi connectivity index (χ4n) is 0.885. The van der Waals surface area contributed by atoms with Crippen molar-refractivity contribution in [1.29, 1.82) is 0 Å². The number of rotatable bonds is 1. The van der Waals surface area contributed by atoms with Crippen LogP contribution in [0.2, 0.25) is 0 Å². The maximum Gasteiger partial charge on any atom is 0.214 e. The number of nitrogens with zero attached hydrogens (tertiary/aromatic N) is 2. The zero-order chi connectivity index (χ0) is 11.5. The Balaban J connectivity index is 0.000000442. The molecule has 0 aliphatic rings. The van der Waals surface area contributed by atoms with Gasteiger partial charge in [-0.15, -0.1) is 0 Å². The SMILES string of the molecule is CC.CN.c1ccc(-c2ncon2)cc1. The minimum atomic E-state index is 0.630. The summed E-state index contributed by atoms with van der Waals surface area (Å²) in [7, 11) is 1.50. The molecule has 4 nitrogen and oxygen atoms in total. The van der Waals surface area contributed by atoms with E-state index in [1.165, 1.54) is 13.4 Å². The molecule has 15 heavy (non-hydrogen) atoms. The molecule has 1 heterocycles. The molecule has 0 aliphatic carbocycles. The number of nitrogens with two attached hydrogens (primary N) is 1. The van der Waals surface area contributed by atoms with E-state index in [9.17, 15) is 0 Å². The predicted molar refractivity (Wildman–Crippen MR) is 61.2 cm³/mol. The predicted octanol–water partition coefficient (Wildman–Crippen LogP) is 2.34. The first-order valence-corrected chi connectivity index (χ1v) is 4.86. The van der Waals surface area contributed by atoms with Crippen LogP contribution in [-0.4, -0.2) is 17.2 Å². The lowest BCUT2D eigenvalue weighted by Gasteiger charge is -1.89. The third-order valence-corrected chi connectivity index (χ3v) is 1.39. The second-order valence-corrected chi connectivity index (χ2v) is 2.12. The van der Waals surface area contributed by atoms with Crippen LogP contribution in [0.15, 0.2) is 41.2 Å². The van der Waals surface area contributed by atoms with Crippen molar-refractivity contribution in [3.63, 3.8) is 0 Å². The highest BCUT2D eigenvalue weighted by Gasteiger charge is 1.98. The Morgan fingerprint density at radius 3 is 2.13 bits per heavy atom. The maximum absolute atomic E-state index is 4.61. The molecule has 0 bridgehead atoms. The highest BCUT2D eigenvalue weighted by atomic mass is 16.5. The van der Waals surface area contributed by atoms with E-state index in [-0.39, 0.29) is 0 Å². The van der Waals surface area contributed by atoms with Crippen LogP contribution in [-0.2, 0) is 0 Å². The molecule has 1 aromatic heterocycles. The van der Waals surface area contributed by atoms with Gasteiger partial charge in [-0.2, -0.15) is 4.98 Å². The monoisotopic (exact) mass is 207 g/mol. The van der Waals surface area contributed by atoms with Gasteiger partial charge in [0, 0.05) is 5.56 Å². The summed E-state index contributed by atoms with van der Waals surface area (Å²) in [5.74, 6) is 0.630. The van der Waals surface area contributed by atoms with E-state index in [0.717, 1.165) is 5.56 Å².